The molecule has 0 amide bonds. The third-order valence-corrected chi connectivity index (χ3v) is 23.1. The number of rotatable bonds is 8. The first-order valence-corrected chi connectivity index (χ1v) is 35.0. The maximum atomic E-state index is 5.57. The van der Waals surface area contributed by atoms with Crippen molar-refractivity contribution in [2.75, 3.05) is 0 Å². The van der Waals surface area contributed by atoms with Gasteiger partial charge < -0.3 is 0 Å². The molecular formula is C92H56N4S2. The van der Waals surface area contributed by atoms with E-state index in [1.165, 1.54) is 103 Å². The van der Waals surface area contributed by atoms with Crippen LogP contribution in [0, 0.1) is 0 Å². The summed E-state index contributed by atoms with van der Waals surface area (Å²) in [5.74, 6) is 1.37. The molecule has 4 heterocycles. The number of hydrogen-bond donors (Lipinski definition) is 0. The van der Waals surface area contributed by atoms with Gasteiger partial charge in [-0.15, -0.1) is 0 Å². The van der Waals surface area contributed by atoms with Gasteiger partial charge in [0.1, 0.15) is 0 Å². The summed E-state index contributed by atoms with van der Waals surface area (Å²) in [4.78, 5) is 26.8. The van der Waals surface area contributed by atoms with Gasteiger partial charge in [-0.25, -0.2) is 19.9 Å². The molecule has 2 aromatic heterocycles. The second kappa shape index (κ2) is 22.4. The van der Waals surface area contributed by atoms with Crippen molar-refractivity contribution in [1.29, 1.82) is 0 Å². The van der Waals surface area contributed by atoms with Crippen LogP contribution in [-0.4, -0.2) is 19.9 Å². The molecule has 2 aliphatic carbocycles. The Morgan fingerprint density at radius 2 is 0.582 bits per heavy atom. The van der Waals surface area contributed by atoms with Gasteiger partial charge in [0, 0.05) is 53.0 Å². The fourth-order valence-corrected chi connectivity index (χ4v) is 19.2. The van der Waals surface area contributed by atoms with Gasteiger partial charge in [-0.05, 0) is 136 Å². The minimum Gasteiger partial charge on any atom is -0.228 e. The van der Waals surface area contributed by atoms with Crippen LogP contribution in [0.4, 0.5) is 0 Å². The molecule has 0 saturated heterocycles. The Labute approximate surface area is 577 Å². The zero-order valence-electron chi connectivity index (χ0n) is 52.9. The van der Waals surface area contributed by atoms with Gasteiger partial charge in [0.25, 0.3) is 0 Å². The average Bonchev–Trinajstić information content (AvgIpc) is 1.63. The molecule has 2 aliphatic heterocycles. The van der Waals surface area contributed by atoms with E-state index in [4.69, 9.17) is 19.9 Å². The van der Waals surface area contributed by atoms with Crippen LogP contribution in [0.2, 0.25) is 0 Å². The number of aromatic nitrogens is 4. The smallest absolute Gasteiger partial charge is 0.160 e. The van der Waals surface area contributed by atoms with Crippen molar-refractivity contribution in [2.24, 2.45) is 0 Å². The standard InChI is InChI=1S/C92H56N4S2/c1-3-26-58(27-4-1)89-93-80(63-52-51-57-25-7-8-30-60(57)53-63)55-82(95-89)70-39-24-48-79-88(70)98-85-50-20-18-45-76(85)92(79)74-43-16-13-37-69(74)86-65(38-22-46-77(86)92)62-32-21-31-61(54-62)64-33-9-10-36-68(64)81-56-83(96-90(94-81)59-28-5-2-6-29-59)71-40-23-47-78-87(71)97-84-49-19-17-44-75(84)91(78)72-41-14-11-34-66(72)67-35-12-15-42-73(67)91/h1-56H. The van der Waals surface area contributed by atoms with Gasteiger partial charge >= 0.3 is 0 Å². The van der Waals surface area contributed by atoms with Crippen LogP contribution in [0.5, 0.6) is 0 Å². The Morgan fingerprint density at radius 3 is 1.17 bits per heavy atom. The molecule has 98 heavy (non-hydrogen) atoms. The SMILES string of the molecule is c1ccc(-c2nc(-c3ccccc3-c3cccc(-c4cccc5c4-c4ccccc4C54c5ccccc5Sc5c(-c6cc(-c7ccc8ccccc8c7)nc(-c7ccccc7)n6)cccc54)c3)cc(-c3cccc4c3Sc3ccccc3C43c4ccccc4-c4ccccc43)n2)cc1. The summed E-state index contributed by atoms with van der Waals surface area (Å²) in [6.45, 7) is 0. The Balaban J connectivity index is 0.738. The molecular weight excluding hydrogens is 1230 g/mol. The summed E-state index contributed by atoms with van der Waals surface area (Å²) in [6, 6.07) is 124. The van der Waals surface area contributed by atoms with E-state index < -0.39 is 10.8 Å². The summed E-state index contributed by atoms with van der Waals surface area (Å²) in [5.41, 5.74) is 28.2. The normalized spacial score (nSPS) is 14.6. The van der Waals surface area contributed by atoms with Gasteiger partial charge in [-0.2, -0.15) is 0 Å². The van der Waals surface area contributed by atoms with Crippen molar-refractivity contribution in [3.63, 3.8) is 0 Å². The molecule has 2 spiro atoms. The van der Waals surface area contributed by atoms with E-state index in [-0.39, 0.29) is 0 Å². The van der Waals surface area contributed by atoms with E-state index in [1.807, 2.05) is 29.6 Å². The van der Waals surface area contributed by atoms with Gasteiger partial charge in [0.2, 0.25) is 0 Å². The molecule has 0 radical (unpaired) electrons. The number of fused-ring (bicyclic) bond motifs is 19. The molecule has 0 saturated carbocycles. The highest BCUT2D eigenvalue weighted by Gasteiger charge is 2.53. The molecule has 0 fully saturated rings. The van der Waals surface area contributed by atoms with Crippen LogP contribution in [0.1, 0.15) is 44.5 Å². The van der Waals surface area contributed by atoms with E-state index in [0.29, 0.717) is 11.6 Å². The maximum absolute atomic E-state index is 5.57. The Kier molecular flexibility index (Phi) is 12.9. The first kappa shape index (κ1) is 56.5. The lowest BCUT2D eigenvalue weighted by atomic mass is 9.67. The molecule has 0 N–H and O–H groups in total. The van der Waals surface area contributed by atoms with Gasteiger partial charge in [-0.3, -0.25) is 0 Å². The second-order valence-electron chi connectivity index (χ2n) is 25.8. The lowest BCUT2D eigenvalue weighted by Gasteiger charge is -2.40. The summed E-state index contributed by atoms with van der Waals surface area (Å²) < 4.78 is 0. The van der Waals surface area contributed by atoms with Crippen molar-refractivity contribution in [3.8, 4) is 112 Å². The Bertz CT molecular complexity index is 5930. The number of hydrogen-bond acceptors (Lipinski definition) is 6. The molecule has 20 rings (SSSR count). The Hall–Kier alpha value is -11.8. The monoisotopic (exact) mass is 1280 g/mol. The zero-order valence-corrected chi connectivity index (χ0v) is 54.6. The third-order valence-electron chi connectivity index (χ3n) is 20.7. The molecule has 456 valence electrons. The van der Waals surface area contributed by atoms with Gasteiger partial charge in [0.15, 0.2) is 11.6 Å². The molecule has 1 atom stereocenters. The lowest BCUT2D eigenvalue weighted by molar-refractivity contribution is 0.723. The van der Waals surface area contributed by atoms with Crippen molar-refractivity contribution in [3.05, 3.63) is 384 Å². The highest BCUT2D eigenvalue weighted by Crippen LogP contribution is 2.66. The molecule has 4 nitrogen and oxygen atoms in total. The second-order valence-corrected chi connectivity index (χ2v) is 27.9. The molecule has 14 aromatic carbocycles. The van der Waals surface area contributed by atoms with E-state index in [9.17, 15) is 0 Å². The predicted octanol–water partition coefficient (Wildman–Crippen LogP) is 23.4. The first-order valence-electron chi connectivity index (χ1n) is 33.4. The largest absolute Gasteiger partial charge is 0.228 e. The zero-order chi connectivity index (χ0) is 64.5. The van der Waals surface area contributed by atoms with Crippen molar-refractivity contribution in [1.82, 2.24) is 19.9 Å². The first-order chi connectivity index (χ1) is 48.6. The summed E-state index contributed by atoms with van der Waals surface area (Å²) in [7, 11) is 0. The van der Waals surface area contributed by atoms with Crippen LogP contribution in [-0.2, 0) is 10.8 Å². The summed E-state index contributed by atoms with van der Waals surface area (Å²) >= 11 is 3.70. The third kappa shape index (κ3) is 8.48. The van der Waals surface area contributed by atoms with E-state index in [2.05, 4.69) is 334 Å². The fraction of sp³-hybridized carbons (Fsp3) is 0.0217. The Morgan fingerprint density at radius 1 is 0.204 bits per heavy atom. The maximum Gasteiger partial charge on any atom is 0.160 e. The topological polar surface area (TPSA) is 51.6 Å². The van der Waals surface area contributed by atoms with Gasteiger partial charge in [0.05, 0.1) is 33.6 Å². The minimum atomic E-state index is -0.663. The van der Waals surface area contributed by atoms with Crippen molar-refractivity contribution >= 4 is 34.3 Å². The number of nitrogens with zero attached hydrogens (tertiary/aromatic N) is 4. The van der Waals surface area contributed by atoms with E-state index >= 15 is 0 Å². The van der Waals surface area contributed by atoms with Crippen LogP contribution in [0.15, 0.2) is 359 Å². The van der Waals surface area contributed by atoms with Crippen molar-refractivity contribution in [2.45, 2.75) is 30.4 Å². The van der Waals surface area contributed by atoms with E-state index in [0.717, 1.165) is 72.8 Å². The quantitative estimate of drug-likeness (QED) is 0.151. The molecule has 0 bridgehead atoms. The van der Waals surface area contributed by atoms with Crippen LogP contribution in [0.25, 0.3) is 123 Å². The summed E-state index contributed by atoms with van der Waals surface area (Å²) in [6.07, 6.45) is 0. The molecule has 1 unspecified atom stereocenters. The minimum absolute atomic E-state index is 0.526. The average molecular weight is 1280 g/mol. The van der Waals surface area contributed by atoms with Crippen LogP contribution < -0.4 is 0 Å². The fourth-order valence-electron chi connectivity index (χ4n) is 16.5. The van der Waals surface area contributed by atoms with E-state index in [1.54, 1.807) is 0 Å². The molecule has 6 heteroatoms. The highest BCUT2D eigenvalue weighted by atomic mass is 32.2. The van der Waals surface area contributed by atoms with Crippen LogP contribution in [0.3, 0.4) is 0 Å². The van der Waals surface area contributed by atoms with Crippen molar-refractivity contribution < 1.29 is 0 Å². The predicted molar refractivity (Wildman–Crippen MR) is 401 cm³/mol. The summed E-state index contributed by atoms with van der Waals surface area (Å²) in [5, 5.41) is 2.37. The van der Waals surface area contributed by atoms with Gasteiger partial charge in [-0.1, -0.05) is 327 Å². The van der Waals surface area contributed by atoms with Crippen LogP contribution >= 0.6 is 23.5 Å². The molecule has 16 aromatic rings. The highest BCUT2D eigenvalue weighted by molar-refractivity contribution is 8.00. The lowest BCUT2D eigenvalue weighted by Crippen LogP contribution is -2.32. The number of benzene rings is 14. The molecule has 4 aliphatic rings.